The van der Waals surface area contributed by atoms with Gasteiger partial charge in [0.25, 0.3) is 0 Å². The molecule has 0 radical (unpaired) electrons. The average Bonchev–Trinajstić information content (AvgIpc) is 2.74. The number of aliphatic hydroxyl groups excluding tert-OH is 1. The van der Waals surface area contributed by atoms with E-state index >= 15 is 0 Å². The quantitative estimate of drug-likeness (QED) is 0.821. The number of Topliss-reactive ketones (excluding diaryl/α,β-unsaturated/α-hetero) is 1. The molecule has 18 heavy (non-hydrogen) atoms. The van der Waals surface area contributed by atoms with Gasteiger partial charge in [-0.1, -0.05) is 0 Å². The number of benzene rings is 1. The molecule has 4 heteroatoms. The summed E-state index contributed by atoms with van der Waals surface area (Å²) in [4.78, 5) is 13.6. The SMILES string of the molecule is COc1ccc(C(C)=O)cc1CN1CC[C@H](O)C1. The predicted molar refractivity (Wildman–Crippen MR) is 68.9 cm³/mol. The first-order valence-electron chi connectivity index (χ1n) is 6.18. The van der Waals surface area contributed by atoms with Crippen LogP contribution < -0.4 is 4.74 Å². The Morgan fingerprint density at radius 2 is 2.33 bits per heavy atom. The van der Waals surface area contributed by atoms with E-state index in [1.807, 2.05) is 12.1 Å². The fraction of sp³-hybridized carbons (Fsp3) is 0.500. The Morgan fingerprint density at radius 3 is 2.89 bits per heavy atom. The van der Waals surface area contributed by atoms with Gasteiger partial charge in [-0.05, 0) is 31.5 Å². The summed E-state index contributed by atoms with van der Waals surface area (Å²) in [5.41, 5.74) is 1.70. The molecule has 1 heterocycles. The molecular weight excluding hydrogens is 230 g/mol. The summed E-state index contributed by atoms with van der Waals surface area (Å²) < 4.78 is 5.32. The molecule has 0 aliphatic carbocycles. The zero-order valence-electron chi connectivity index (χ0n) is 10.8. The topological polar surface area (TPSA) is 49.8 Å². The molecule has 1 fully saturated rings. The molecule has 4 nitrogen and oxygen atoms in total. The second-order valence-corrected chi connectivity index (χ2v) is 4.76. The normalized spacial score (nSPS) is 20.1. The number of ketones is 1. The number of hydrogen-bond acceptors (Lipinski definition) is 4. The molecule has 0 saturated carbocycles. The Morgan fingerprint density at radius 1 is 1.56 bits per heavy atom. The highest BCUT2D eigenvalue weighted by Gasteiger charge is 2.21. The third-order valence-corrected chi connectivity index (χ3v) is 3.33. The van der Waals surface area contributed by atoms with E-state index in [1.165, 1.54) is 0 Å². The van der Waals surface area contributed by atoms with Crippen molar-refractivity contribution < 1.29 is 14.6 Å². The highest BCUT2D eigenvalue weighted by atomic mass is 16.5. The van der Waals surface area contributed by atoms with Crippen LogP contribution in [0.2, 0.25) is 0 Å². The monoisotopic (exact) mass is 249 g/mol. The smallest absolute Gasteiger partial charge is 0.159 e. The molecule has 0 bridgehead atoms. The lowest BCUT2D eigenvalue weighted by atomic mass is 10.1. The molecule has 98 valence electrons. The summed E-state index contributed by atoms with van der Waals surface area (Å²) in [5, 5.41) is 9.52. The molecule has 1 aromatic carbocycles. The lowest BCUT2D eigenvalue weighted by Gasteiger charge is -2.17. The van der Waals surface area contributed by atoms with Gasteiger partial charge in [0, 0.05) is 30.8 Å². The van der Waals surface area contributed by atoms with Gasteiger partial charge < -0.3 is 9.84 Å². The molecule has 1 aromatic rings. The molecule has 1 saturated heterocycles. The van der Waals surface area contributed by atoms with Crippen LogP contribution in [0.5, 0.6) is 5.75 Å². The van der Waals surface area contributed by atoms with Crippen LogP contribution in [0.4, 0.5) is 0 Å². The van der Waals surface area contributed by atoms with Crippen LogP contribution in [0, 0.1) is 0 Å². The zero-order valence-corrected chi connectivity index (χ0v) is 10.8. The molecular formula is C14H19NO3. The van der Waals surface area contributed by atoms with E-state index in [0.717, 1.165) is 24.3 Å². The maximum absolute atomic E-state index is 11.4. The van der Waals surface area contributed by atoms with Gasteiger partial charge in [-0.3, -0.25) is 9.69 Å². The number of likely N-dealkylation sites (tertiary alicyclic amines) is 1. The van der Waals surface area contributed by atoms with Crippen molar-refractivity contribution in [2.24, 2.45) is 0 Å². The van der Waals surface area contributed by atoms with Crippen LogP contribution in [0.3, 0.4) is 0 Å². The predicted octanol–water partition coefficient (Wildman–Crippen LogP) is 1.46. The highest BCUT2D eigenvalue weighted by Crippen LogP contribution is 2.23. The summed E-state index contributed by atoms with van der Waals surface area (Å²) in [7, 11) is 1.63. The Hall–Kier alpha value is -1.39. The van der Waals surface area contributed by atoms with Crippen LogP contribution in [-0.4, -0.2) is 42.1 Å². The number of methoxy groups -OCH3 is 1. The Bertz CT molecular complexity index is 445. The van der Waals surface area contributed by atoms with Gasteiger partial charge in [-0.2, -0.15) is 0 Å². The number of β-amino-alcohol motifs (C(OH)–C–C–N with tert-alkyl or cyclic N) is 1. The third-order valence-electron chi connectivity index (χ3n) is 3.33. The van der Waals surface area contributed by atoms with Crippen molar-refractivity contribution in [1.29, 1.82) is 0 Å². The summed E-state index contributed by atoms with van der Waals surface area (Å²) in [6, 6.07) is 5.49. The molecule has 0 amide bonds. The first kappa shape index (κ1) is 13.1. The Balaban J connectivity index is 2.18. The van der Waals surface area contributed by atoms with Crippen LogP contribution in [0.25, 0.3) is 0 Å². The minimum atomic E-state index is -0.230. The van der Waals surface area contributed by atoms with Crippen LogP contribution >= 0.6 is 0 Å². The number of carbonyl (C=O) groups is 1. The molecule has 1 aliphatic heterocycles. The lowest BCUT2D eigenvalue weighted by molar-refractivity contribution is 0.101. The second-order valence-electron chi connectivity index (χ2n) is 4.76. The number of nitrogens with zero attached hydrogens (tertiary/aromatic N) is 1. The van der Waals surface area contributed by atoms with E-state index in [-0.39, 0.29) is 11.9 Å². The Kier molecular flexibility index (Phi) is 3.99. The van der Waals surface area contributed by atoms with Gasteiger partial charge in [-0.25, -0.2) is 0 Å². The third kappa shape index (κ3) is 2.89. The summed E-state index contributed by atoms with van der Waals surface area (Å²) >= 11 is 0. The lowest BCUT2D eigenvalue weighted by Crippen LogP contribution is -2.22. The molecule has 2 rings (SSSR count). The summed E-state index contributed by atoms with van der Waals surface area (Å²) in [5.74, 6) is 0.849. The zero-order chi connectivity index (χ0) is 13.1. The van der Waals surface area contributed by atoms with E-state index in [9.17, 15) is 9.90 Å². The highest BCUT2D eigenvalue weighted by molar-refractivity contribution is 5.94. The molecule has 1 aliphatic rings. The van der Waals surface area contributed by atoms with E-state index in [4.69, 9.17) is 4.74 Å². The average molecular weight is 249 g/mol. The second kappa shape index (κ2) is 5.50. The van der Waals surface area contributed by atoms with Gasteiger partial charge in [0.15, 0.2) is 5.78 Å². The number of hydrogen-bond donors (Lipinski definition) is 1. The van der Waals surface area contributed by atoms with E-state index in [1.54, 1.807) is 20.1 Å². The van der Waals surface area contributed by atoms with Crippen molar-refractivity contribution in [3.05, 3.63) is 29.3 Å². The molecule has 0 spiro atoms. The minimum Gasteiger partial charge on any atom is -0.496 e. The molecule has 0 unspecified atom stereocenters. The first-order chi connectivity index (χ1) is 8.60. The van der Waals surface area contributed by atoms with Crippen molar-refractivity contribution in [2.45, 2.75) is 26.0 Å². The van der Waals surface area contributed by atoms with Crippen molar-refractivity contribution in [3.8, 4) is 5.75 Å². The van der Waals surface area contributed by atoms with E-state index in [0.29, 0.717) is 18.7 Å². The van der Waals surface area contributed by atoms with Crippen molar-refractivity contribution in [1.82, 2.24) is 4.90 Å². The van der Waals surface area contributed by atoms with E-state index in [2.05, 4.69) is 4.90 Å². The summed E-state index contributed by atoms with van der Waals surface area (Å²) in [6.07, 6.45) is 0.585. The number of ether oxygens (including phenoxy) is 1. The van der Waals surface area contributed by atoms with Crippen molar-refractivity contribution in [2.75, 3.05) is 20.2 Å². The van der Waals surface area contributed by atoms with Gasteiger partial charge in [0.1, 0.15) is 5.75 Å². The standard InChI is InChI=1S/C14H19NO3/c1-10(16)11-3-4-14(18-2)12(7-11)8-15-6-5-13(17)9-15/h3-4,7,13,17H,5-6,8-9H2,1-2H3/t13-/m0/s1. The minimum absolute atomic E-state index is 0.0559. The molecule has 1 atom stereocenters. The van der Waals surface area contributed by atoms with Gasteiger partial charge in [0.05, 0.1) is 13.2 Å². The maximum Gasteiger partial charge on any atom is 0.159 e. The summed E-state index contributed by atoms with van der Waals surface area (Å²) in [6.45, 7) is 3.84. The fourth-order valence-electron chi connectivity index (χ4n) is 2.32. The van der Waals surface area contributed by atoms with Crippen LogP contribution in [0.15, 0.2) is 18.2 Å². The number of aliphatic hydroxyl groups is 1. The van der Waals surface area contributed by atoms with E-state index < -0.39 is 0 Å². The van der Waals surface area contributed by atoms with Crippen molar-refractivity contribution >= 4 is 5.78 Å². The van der Waals surface area contributed by atoms with Gasteiger partial charge >= 0.3 is 0 Å². The Labute approximate surface area is 107 Å². The first-order valence-corrected chi connectivity index (χ1v) is 6.18. The molecule has 1 N–H and O–H groups in total. The van der Waals surface area contributed by atoms with Gasteiger partial charge in [0.2, 0.25) is 0 Å². The van der Waals surface area contributed by atoms with Crippen LogP contribution in [0.1, 0.15) is 29.3 Å². The maximum atomic E-state index is 11.4. The van der Waals surface area contributed by atoms with Crippen molar-refractivity contribution in [3.63, 3.8) is 0 Å². The van der Waals surface area contributed by atoms with Gasteiger partial charge in [-0.15, -0.1) is 0 Å². The largest absolute Gasteiger partial charge is 0.496 e. The fourth-order valence-corrected chi connectivity index (χ4v) is 2.32. The number of rotatable bonds is 4. The number of carbonyl (C=O) groups excluding carboxylic acids is 1. The van der Waals surface area contributed by atoms with Crippen LogP contribution in [-0.2, 0) is 6.54 Å². The molecule has 0 aromatic heterocycles.